The Bertz CT molecular complexity index is 2090. The van der Waals surface area contributed by atoms with Crippen LogP contribution >= 0.6 is 0 Å². The lowest BCUT2D eigenvalue weighted by Gasteiger charge is -2.39. The topological polar surface area (TPSA) is 204 Å². The molecule has 300 valence electrons. The summed E-state index contributed by atoms with van der Waals surface area (Å²) in [5.41, 5.74) is 8.51. The van der Waals surface area contributed by atoms with Gasteiger partial charge in [0.15, 0.2) is 11.5 Å². The number of nitrogens with two attached hydrogens (primary N) is 1. The van der Waals surface area contributed by atoms with Crippen molar-refractivity contribution in [3.8, 4) is 0 Å². The number of benzene rings is 1. The van der Waals surface area contributed by atoms with E-state index in [4.69, 9.17) is 10.7 Å². The average Bonchev–Trinajstić information content (AvgIpc) is 3.73. The number of piperidine rings is 4. The molecule has 17 nitrogen and oxygen atoms in total. The molecule has 0 radical (unpaired) electrons. The molecule has 4 fully saturated rings. The third kappa shape index (κ3) is 8.06. The Morgan fingerprint density at radius 1 is 0.947 bits per heavy atom. The second-order valence-corrected chi connectivity index (χ2v) is 16.0. The number of rotatable bonds is 10. The number of aryl methyl sites for hydroxylation is 1. The Balaban J connectivity index is 0.789. The molecule has 5 amide bonds. The molecule has 5 aliphatic heterocycles. The van der Waals surface area contributed by atoms with E-state index >= 15 is 0 Å². The second-order valence-electron chi connectivity index (χ2n) is 16.0. The fraction of sp³-hybridized carbons (Fsp3) is 0.500. The van der Waals surface area contributed by atoms with Gasteiger partial charge in [-0.05, 0) is 88.6 Å². The number of hydrogen-bond donors (Lipinski definition) is 4. The van der Waals surface area contributed by atoms with Gasteiger partial charge in [0.25, 0.3) is 17.7 Å². The molecule has 0 aliphatic carbocycles. The first kappa shape index (κ1) is 38.1. The fourth-order valence-electron chi connectivity index (χ4n) is 8.90. The van der Waals surface area contributed by atoms with Crippen molar-refractivity contribution < 1.29 is 24.0 Å². The highest BCUT2D eigenvalue weighted by Crippen LogP contribution is 2.33. The summed E-state index contributed by atoms with van der Waals surface area (Å²) in [6.07, 6.45) is 11.3. The van der Waals surface area contributed by atoms with Crippen LogP contribution in [-0.2, 0) is 16.6 Å². The minimum atomic E-state index is -0.821. The molecule has 1 aromatic carbocycles. The van der Waals surface area contributed by atoms with E-state index in [2.05, 4.69) is 47.3 Å². The van der Waals surface area contributed by atoms with E-state index in [0.717, 1.165) is 88.4 Å². The van der Waals surface area contributed by atoms with Gasteiger partial charge in [-0.1, -0.05) is 6.58 Å². The molecule has 0 saturated carbocycles. The van der Waals surface area contributed by atoms with Gasteiger partial charge < -0.3 is 36.4 Å². The van der Waals surface area contributed by atoms with Gasteiger partial charge in [0.05, 0.1) is 29.2 Å². The lowest BCUT2D eigenvalue weighted by Crippen LogP contribution is -2.51. The van der Waals surface area contributed by atoms with Crippen molar-refractivity contribution in [2.45, 2.75) is 63.5 Å². The first-order chi connectivity index (χ1) is 27.5. The average molecular weight is 779 g/mol. The first-order valence-electron chi connectivity index (χ1n) is 20.0. The standard InChI is InChI=1S/C40H50N12O5/c1-24-5-8-32(38(55)44-24)52-39(56)30-7-6-29(18-31(30)40(52)57)50-16-9-25(10-17-50)21-49-14-11-26(12-15-49)37(54)46-27-4-3-13-51(23-27)33-20-42-34(35(41)53)36(47-33)45-28-19-43-48(2)22-28/h6-7,18-20,22,25-27,32H,1,3-5,8-17,21,23H2,2H3,(H2,41,53)(H,44,55)(H,45,47)(H,46,54)/t27-,32+/m1/s1. The van der Waals surface area contributed by atoms with Crippen LogP contribution in [0.5, 0.6) is 0 Å². The van der Waals surface area contributed by atoms with Crippen LogP contribution in [0.15, 0.2) is 49.1 Å². The normalized spacial score (nSPS) is 22.4. The van der Waals surface area contributed by atoms with Crippen LogP contribution in [0.3, 0.4) is 0 Å². The maximum Gasteiger partial charge on any atom is 0.271 e. The number of anilines is 4. The number of fused-ring (bicyclic) bond motifs is 1. The van der Waals surface area contributed by atoms with E-state index in [9.17, 15) is 24.0 Å². The fourth-order valence-corrected chi connectivity index (χ4v) is 8.90. The summed E-state index contributed by atoms with van der Waals surface area (Å²) in [5.74, 6) is -0.391. The number of carbonyl (C=O) groups excluding carboxylic acids is 5. The molecule has 0 spiro atoms. The molecular weight excluding hydrogens is 729 g/mol. The molecule has 4 saturated heterocycles. The van der Waals surface area contributed by atoms with Crippen LogP contribution in [0.2, 0.25) is 0 Å². The zero-order valence-electron chi connectivity index (χ0n) is 32.3. The quantitative estimate of drug-likeness (QED) is 0.219. The number of allylic oxidation sites excluding steroid dienone is 1. The summed E-state index contributed by atoms with van der Waals surface area (Å²) >= 11 is 0. The predicted molar refractivity (Wildman–Crippen MR) is 212 cm³/mol. The van der Waals surface area contributed by atoms with Crippen molar-refractivity contribution in [3.63, 3.8) is 0 Å². The van der Waals surface area contributed by atoms with E-state index in [0.29, 0.717) is 53.6 Å². The molecule has 57 heavy (non-hydrogen) atoms. The zero-order valence-corrected chi connectivity index (χ0v) is 32.3. The zero-order chi connectivity index (χ0) is 39.8. The van der Waals surface area contributed by atoms with Gasteiger partial charge in [0.2, 0.25) is 11.8 Å². The van der Waals surface area contributed by atoms with Crippen LogP contribution in [0.25, 0.3) is 0 Å². The van der Waals surface area contributed by atoms with E-state index < -0.39 is 23.8 Å². The first-order valence-corrected chi connectivity index (χ1v) is 20.0. The van der Waals surface area contributed by atoms with E-state index in [-0.39, 0.29) is 35.3 Å². The van der Waals surface area contributed by atoms with Crippen molar-refractivity contribution in [1.29, 1.82) is 0 Å². The lowest BCUT2D eigenvalue weighted by atomic mass is 9.91. The van der Waals surface area contributed by atoms with E-state index in [1.165, 1.54) is 0 Å². The molecule has 17 heteroatoms. The van der Waals surface area contributed by atoms with Crippen LogP contribution in [-0.4, -0.2) is 117 Å². The van der Waals surface area contributed by atoms with Crippen molar-refractivity contribution in [2.75, 3.05) is 60.9 Å². The lowest BCUT2D eigenvalue weighted by molar-refractivity contribution is -0.127. The van der Waals surface area contributed by atoms with Gasteiger partial charge in [-0.15, -0.1) is 0 Å². The Morgan fingerprint density at radius 3 is 2.44 bits per heavy atom. The second kappa shape index (κ2) is 16.0. The Hall–Kier alpha value is -5.84. The highest BCUT2D eigenvalue weighted by atomic mass is 16.2. The minimum absolute atomic E-state index is 0.0238. The summed E-state index contributed by atoms with van der Waals surface area (Å²) in [4.78, 5) is 81.7. The minimum Gasteiger partial charge on any atom is -0.371 e. The van der Waals surface area contributed by atoms with Gasteiger partial charge in [-0.3, -0.25) is 33.6 Å². The van der Waals surface area contributed by atoms with Crippen molar-refractivity contribution in [2.24, 2.45) is 24.6 Å². The van der Waals surface area contributed by atoms with Crippen LogP contribution < -0.4 is 31.5 Å². The van der Waals surface area contributed by atoms with Crippen molar-refractivity contribution in [3.05, 3.63) is 65.9 Å². The molecule has 3 aromatic rings. The van der Waals surface area contributed by atoms with Crippen LogP contribution in [0, 0.1) is 11.8 Å². The molecule has 2 aromatic heterocycles. The highest BCUT2D eigenvalue weighted by Gasteiger charge is 2.44. The van der Waals surface area contributed by atoms with Gasteiger partial charge >= 0.3 is 0 Å². The summed E-state index contributed by atoms with van der Waals surface area (Å²) < 4.78 is 1.64. The highest BCUT2D eigenvalue weighted by molar-refractivity contribution is 6.23. The third-order valence-corrected chi connectivity index (χ3v) is 12.0. The number of aromatic nitrogens is 4. The van der Waals surface area contributed by atoms with Gasteiger partial charge in [0, 0.05) is 69.3 Å². The number of nitrogens with zero attached hydrogens (tertiary/aromatic N) is 8. The Kier molecular flexibility index (Phi) is 10.7. The van der Waals surface area contributed by atoms with E-state index in [1.54, 1.807) is 36.4 Å². The summed E-state index contributed by atoms with van der Waals surface area (Å²) in [6, 6.07) is 4.60. The number of nitrogens with one attached hydrogen (secondary N) is 3. The van der Waals surface area contributed by atoms with Crippen LogP contribution in [0.1, 0.15) is 82.6 Å². The number of likely N-dealkylation sites (tertiary alicyclic amines) is 1. The number of carbonyl (C=O) groups is 5. The maximum absolute atomic E-state index is 13.5. The molecule has 8 rings (SSSR count). The Morgan fingerprint density at radius 2 is 1.72 bits per heavy atom. The summed E-state index contributed by atoms with van der Waals surface area (Å²) in [7, 11) is 1.79. The smallest absolute Gasteiger partial charge is 0.271 e. The van der Waals surface area contributed by atoms with Crippen molar-refractivity contribution in [1.82, 2.24) is 40.2 Å². The van der Waals surface area contributed by atoms with E-state index in [1.807, 2.05) is 12.1 Å². The van der Waals surface area contributed by atoms with Gasteiger partial charge in [0.1, 0.15) is 11.9 Å². The maximum atomic E-state index is 13.5. The number of primary amides is 1. The SMILES string of the molecule is C=C1CC[C@H](N2C(=O)c3ccc(N4CCC(CN5CCC(C(=O)N[C@@H]6CCCN(c7cnc(C(N)=O)c(Nc8cnn(C)c8)n7)C6)CC5)CC4)cc3C2=O)C(=O)N1. The van der Waals surface area contributed by atoms with Crippen LogP contribution in [0.4, 0.5) is 23.0 Å². The van der Waals surface area contributed by atoms with Crippen molar-refractivity contribution >= 4 is 52.5 Å². The number of amides is 5. The molecule has 5 aliphatic rings. The molecule has 5 N–H and O–H groups in total. The summed E-state index contributed by atoms with van der Waals surface area (Å²) in [5, 5.41) is 13.3. The molecule has 0 bridgehead atoms. The molecular formula is C40H50N12O5. The number of hydrogen-bond acceptors (Lipinski definition) is 12. The molecule has 7 heterocycles. The predicted octanol–water partition coefficient (Wildman–Crippen LogP) is 2.15. The third-order valence-electron chi connectivity index (χ3n) is 12.0. The van der Waals surface area contributed by atoms with Gasteiger partial charge in [-0.25, -0.2) is 9.97 Å². The molecule has 2 atom stereocenters. The number of imide groups is 1. The van der Waals surface area contributed by atoms with Gasteiger partial charge in [-0.2, -0.15) is 5.10 Å². The molecule has 0 unspecified atom stereocenters. The monoisotopic (exact) mass is 778 g/mol. The largest absolute Gasteiger partial charge is 0.371 e. The Labute approximate surface area is 331 Å². The summed E-state index contributed by atoms with van der Waals surface area (Å²) in [6.45, 7) is 9.61.